The molecule has 10 nitrogen and oxygen atoms in total. The summed E-state index contributed by atoms with van der Waals surface area (Å²) in [6, 6.07) is 3.07. The number of rotatable bonds is 6. The Morgan fingerprint density at radius 1 is 1.19 bits per heavy atom. The SMILES string of the molecule is COc1ccc(-c2c(C(=O)N3C[C@@H](C)O[C@@H](C)[C@H]3CNc3ncc(C(F)(F)F)cn3)nn(C)c2C)nc1. The lowest BCUT2D eigenvalue weighted by atomic mass is 10.0. The molecule has 4 rings (SSSR count). The highest BCUT2D eigenvalue weighted by Gasteiger charge is 2.38. The van der Waals surface area contributed by atoms with E-state index in [-0.39, 0.29) is 36.3 Å². The minimum Gasteiger partial charge on any atom is -0.495 e. The lowest BCUT2D eigenvalue weighted by molar-refractivity contribution is -0.138. The topological polar surface area (TPSA) is 107 Å². The second-order valence-electron chi connectivity index (χ2n) is 8.87. The van der Waals surface area contributed by atoms with E-state index in [2.05, 4.69) is 25.4 Å². The zero-order valence-electron chi connectivity index (χ0n) is 21.1. The van der Waals surface area contributed by atoms with Crippen LogP contribution in [0.4, 0.5) is 19.1 Å². The molecule has 0 unspecified atom stereocenters. The summed E-state index contributed by atoms with van der Waals surface area (Å²) in [6.45, 7) is 6.03. The van der Waals surface area contributed by atoms with Crippen LogP contribution in [0, 0.1) is 6.92 Å². The van der Waals surface area contributed by atoms with Gasteiger partial charge >= 0.3 is 6.18 Å². The van der Waals surface area contributed by atoms with Crippen molar-refractivity contribution in [3.05, 3.63) is 47.7 Å². The number of ether oxygens (including phenoxy) is 2. The molecule has 4 heterocycles. The zero-order chi connectivity index (χ0) is 26.9. The maximum Gasteiger partial charge on any atom is 0.419 e. The van der Waals surface area contributed by atoms with Gasteiger partial charge < -0.3 is 19.7 Å². The first-order valence-corrected chi connectivity index (χ1v) is 11.6. The second-order valence-corrected chi connectivity index (χ2v) is 8.87. The van der Waals surface area contributed by atoms with E-state index >= 15 is 0 Å². The Morgan fingerprint density at radius 3 is 2.49 bits per heavy atom. The quantitative estimate of drug-likeness (QED) is 0.529. The van der Waals surface area contributed by atoms with Gasteiger partial charge in [0.25, 0.3) is 5.91 Å². The molecule has 0 bridgehead atoms. The fourth-order valence-electron chi connectivity index (χ4n) is 4.29. The Morgan fingerprint density at radius 2 is 1.89 bits per heavy atom. The van der Waals surface area contributed by atoms with Crippen LogP contribution in [0.5, 0.6) is 5.75 Å². The van der Waals surface area contributed by atoms with Crippen LogP contribution >= 0.6 is 0 Å². The summed E-state index contributed by atoms with van der Waals surface area (Å²) in [7, 11) is 3.30. The summed E-state index contributed by atoms with van der Waals surface area (Å²) in [5, 5.41) is 7.44. The number of anilines is 1. The summed E-state index contributed by atoms with van der Waals surface area (Å²) in [6.07, 6.45) is -2.13. The Labute approximate surface area is 211 Å². The first-order valence-electron chi connectivity index (χ1n) is 11.6. The Bertz CT molecular complexity index is 1250. The van der Waals surface area contributed by atoms with Crippen LogP contribution in [-0.4, -0.2) is 74.0 Å². The highest BCUT2D eigenvalue weighted by molar-refractivity contribution is 5.99. The fraction of sp³-hybridized carbons (Fsp3) is 0.458. The standard InChI is InChI=1S/C24H28F3N7O3/c1-13-12-34(19(15(3)37-13)11-31-23-29-8-16(9-30-23)24(25,26)27)22(35)21-20(14(2)33(4)32-21)18-7-6-17(36-5)10-28-18/h6-10,13,15,19H,11-12H2,1-5H3,(H,29,30,31)/t13-,15+,19-/m1/s1. The Balaban J connectivity index is 1.61. The fourth-order valence-corrected chi connectivity index (χ4v) is 4.29. The van der Waals surface area contributed by atoms with Crippen molar-refractivity contribution >= 4 is 11.9 Å². The van der Waals surface area contributed by atoms with Gasteiger partial charge in [0, 0.05) is 38.2 Å². The van der Waals surface area contributed by atoms with Gasteiger partial charge in [-0.25, -0.2) is 9.97 Å². The van der Waals surface area contributed by atoms with Gasteiger partial charge in [-0.15, -0.1) is 0 Å². The number of aryl methyl sites for hydroxylation is 1. The monoisotopic (exact) mass is 519 g/mol. The number of nitrogens with one attached hydrogen (secondary N) is 1. The molecule has 3 atom stereocenters. The summed E-state index contributed by atoms with van der Waals surface area (Å²) < 4.78 is 51.3. The minimum absolute atomic E-state index is 0.0167. The molecule has 0 aromatic carbocycles. The second kappa shape index (κ2) is 10.3. The number of aromatic nitrogens is 5. The third-order valence-corrected chi connectivity index (χ3v) is 6.32. The number of carbonyl (C=O) groups excluding carboxylic acids is 1. The highest BCUT2D eigenvalue weighted by atomic mass is 19.4. The maximum absolute atomic E-state index is 13.9. The van der Waals surface area contributed by atoms with Crippen molar-refractivity contribution in [3.8, 4) is 17.0 Å². The molecule has 1 aliphatic heterocycles. The van der Waals surface area contributed by atoms with Crippen molar-refractivity contribution in [1.82, 2.24) is 29.6 Å². The Kier molecular flexibility index (Phi) is 7.35. The summed E-state index contributed by atoms with van der Waals surface area (Å²) in [5.74, 6) is 0.298. The number of nitrogens with zero attached hydrogens (tertiary/aromatic N) is 6. The molecule has 0 aliphatic carbocycles. The normalized spacial score (nSPS) is 20.1. The van der Waals surface area contributed by atoms with E-state index in [1.165, 1.54) is 0 Å². The number of methoxy groups -OCH3 is 1. The van der Waals surface area contributed by atoms with Crippen molar-refractivity contribution in [3.63, 3.8) is 0 Å². The molecule has 1 fully saturated rings. The number of halogens is 3. The van der Waals surface area contributed by atoms with Gasteiger partial charge in [0.2, 0.25) is 5.95 Å². The highest BCUT2D eigenvalue weighted by Crippen LogP contribution is 2.30. The van der Waals surface area contributed by atoms with E-state index < -0.39 is 17.8 Å². The average molecular weight is 520 g/mol. The van der Waals surface area contributed by atoms with Crippen LogP contribution in [0.1, 0.15) is 35.6 Å². The Hall–Kier alpha value is -3.74. The van der Waals surface area contributed by atoms with Crippen LogP contribution in [0.2, 0.25) is 0 Å². The van der Waals surface area contributed by atoms with Gasteiger partial charge in [-0.2, -0.15) is 18.3 Å². The van der Waals surface area contributed by atoms with Gasteiger partial charge in [-0.1, -0.05) is 0 Å². The number of amides is 1. The number of hydrogen-bond acceptors (Lipinski definition) is 8. The molecule has 0 spiro atoms. The van der Waals surface area contributed by atoms with E-state index in [9.17, 15) is 18.0 Å². The van der Waals surface area contributed by atoms with E-state index in [1.54, 1.807) is 42.1 Å². The molecule has 1 saturated heterocycles. The molecule has 3 aromatic rings. The molecule has 1 amide bonds. The van der Waals surface area contributed by atoms with Crippen molar-refractivity contribution in [1.29, 1.82) is 0 Å². The van der Waals surface area contributed by atoms with E-state index in [0.29, 0.717) is 35.9 Å². The van der Waals surface area contributed by atoms with Crippen LogP contribution in [0.25, 0.3) is 11.3 Å². The van der Waals surface area contributed by atoms with E-state index in [4.69, 9.17) is 9.47 Å². The molecule has 0 saturated carbocycles. The van der Waals surface area contributed by atoms with Gasteiger partial charge in [0.15, 0.2) is 5.69 Å². The predicted molar refractivity (Wildman–Crippen MR) is 128 cm³/mol. The smallest absolute Gasteiger partial charge is 0.419 e. The maximum atomic E-state index is 13.9. The van der Waals surface area contributed by atoms with E-state index in [0.717, 1.165) is 5.69 Å². The summed E-state index contributed by atoms with van der Waals surface area (Å²) in [5.41, 5.74) is 1.26. The number of pyridine rings is 1. The van der Waals surface area contributed by atoms with Crippen LogP contribution in [-0.2, 0) is 18.0 Å². The first kappa shape index (κ1) is 26.3. The minimum atomic E-state index is -4.53. The van der Waals surface area contributed by atoms with Gasteiger partial charge in [0.05, 0.1) is 48.4 Å². The molecular formula is C24H28F3N7O3. The molecule has 1 aliphatic rings. The molecule has 3 aromatic heterocycles. The third-order valence-electron chi connectivity index (χ3n) is 6.32. The molecule has 198 valence electrons. The number of hydrogen-bond donors (Lipinski definition) is 1. The van der Waals surface area contributed by atoms with Crippen LogP contribution < -0.4 is 10.1 Å². The van der Waals surface area contributed by atoms with Gasteiger partial charge in [-0.3, -0.25) is 14.5 Å². The molecule has 37 heavy (non-hydrogen) atoms. The van der Waals surface area contributed by atoms with Crippen molar-refractivity contribution in [2.45, 2.75) is 45.2 Å². The average Bonchev–Trinajstić information content (AvgIpc) is 3.16. The van der Waals surface area contributed by atoms with Crippen LogP contribution in [0.15, 0.2) is 30.7 Å². The van der Waals surface area contributed by atoms with Crippen molar-refractivity contribution < 1.29 is 27.4 Å². The zero-order valence-corrected chi connectivity index (χ0v) is 21.1. The molecule has 13 heteroatoms. The predicted octanol–water partition coefficient (Wildman–Crippen LogP) is 3.34. The van der Waals surface area contributed by atoms with Crippen molar-refractivity contribution in [2.75, 3.05) is 25.5 Å². The number of morpholine rings is 1. The largest absolute Gasteiger partial charge is 0.495 e. The lowest BCUT2D eigenvalue weighted by Crippen LogP contribution is -2.58. The molecule has 1 N–H and O–H groups in total. The van der Waals surface area contributed by atoms with Gasteiger partial charge in [0.1, 0.15) is 5.75 Å². The van der Waals surface area contributed by atoms with Crippen molar-refractivity contribution in [2.24, 2.45) is 7.05 Å². The lowest BCUT2D eigenvalue weighted by Gasteiger charge is -2.42. The summed E-state index contributed by atoms with van der Waals surface area (Å²) >= 11 is 0. The summed E-state index contributed by atoms with van der Waals surface area (Å²) in [4.78, 5) is 27.5. The molecular weight excluding hydrogens is 491 g/mol. The number of carbonyl (C=O) groups is 1. The van der Waals surface area contributed by atoms with Gasteiger partial charge in [-0.05, 0) is 32.9 Å². The van der Waals surface area contributed by atoms with E-state index in [1.807, 2.05) is 20.8 Å². The first-order chi connectivity index (χ1) is 17.5. The number of alkyl halides is 3. The molecule has 0 radical (unpaired) electrons. The van der Waals surface area contributed by atoms with Crippen LogP contribution in [0.3, 0.4) is 0 Å². The third kappa shape index (κ3) is 5.50.